The van der Waals surface area contributed by atoms with Crippen molar-refractivity contribution in [2.75, 3.05) is 24.3 Å². The summed E-state index contributed by atoms with van der Waals surface area (Å²) < 4.78 is 5.20. The number of amides is 1. The fraction of sp³-hybridized carbons (Fsp3) is 0.200. The number of benzene rings is 1. The van der Waals surface area contributed by atoms with Crippen LogP contribution in [0.5, 0.6) is 5.75 Å². The summed E-state index contributed by atoms with van der Waals surface area (Å²) in [7, 11) is 1.56. The monoisotopic (exact) mass is 271 g/mol. The third-order valence-electron chi connectivity index (χ3n) is 2.69. The van der Waals surface area contributed by atoms with Crippen LogP contribution in [-0.2, 0) is 0 Å². The Hall–Kier alpha value is -2.56. The highest BCUT2D eigenvalue weighted by atomic mass is 16.5. The molecule has 0 aliphatic rings. The molecule has 1 aromatic carbocycles. The number of nitrogens with zero attached hydrogens (tertiary/aromatic N) is 1. The second-order valence-corrected chi connectivity index (χ2v) is 4.09. The number of hydrogen-bond donors (Lipinski definition) is 2. The van der Waals surface area contributed by atoms with Crippen molar-refractivity contribution in [3.8, 4) is 5.75 Å². The predicted molar refractivity (Wildman–Crippen MR) is 79.3 cm³/mol. The molecule has 5 heteroatoms. The van der Waals surface area contributed by atoms with Gasteiger partial charge in [0.25, 0.3) is 5.91 Å². The van der Waals surface area contributed by atoms with E-state index in [1.54, 1.807) is 31.4 Å². The molecule has 1 aromatic heterocycles. The lowest BCUT2D eigenvalue weighted by Crippen LogP contribution is -2.15. The molecule has 5 nitrogen and oxygen atoms in total. The number of hydrogen-bond acceptors (Lipinski definition) is 4. The van der Waals surface area contributed by atoms with E-state index in [9.17, 15) is 4.79 Å². The zero-order valence-electron chi connectivity index (χ0n) is 11.5. The van der Waals surface area contributed by atoms with Gasteiger partial charge >= 0.3 is 0 Å². The van der Waals surface area contributed by atoms with Gasteiger partial charge in [0.05, 0.1) is 12.8 Å². The average Bonchev–Trinajstić information content (AvgIpc) is 2.48. The Morgan fingerprint density at radius 1 is 1.20 bits per heavy atom. The summed E-state index contributed by atoms with van der Waals surface area (Å²) in [6.07, 6.45) is 0. The Bertz CT molecular complexity index is 599. The summed E-state index contributed by atoms with van der Waals surface area (Å²) in [5, 5.41) is 5.87. The molecule has 0 aliphatic carbocycles. The van der Waals surface area contributed by atoms with E-state index in [4.69, 9.17) is 4.74 Å². The van der Waals surface area contributed by atoms with Crippen LogP contribution in [0.25, 0.3) is 0 Å². The van der Waals surface area contributed by atoms with Gasteiger partial charge in [-0.15, -0.1) is 0 Å². The lowest BCUT2D eigenvalue weighted by molar-refractivity contribution is 0.102. The number of para-hydroxylation sites is 2. The SMILES string of the molecule is CCNc1cccc(C(=O)Nc2ccccc2OC)n1. The highest BCUT2D eigenvalue weighted by Crippen LogP contribution is 2.23. The molecule has 2 aromatic rings. The van der Waals surface area contributed by atoms with Crippen LogP contribution in [0.4, 0.5) is 11.5 Å². The van der Waals surface area contributed by atoms with Crippen molar-refractivity contribution in [1.82, 2.24) is 4.98 Å². The van der Waals surface area contributed by atoms with E-state index in [-0.39, 0.29) is 5.91 Å². The highest BCUT2D eigenvalue weighted by Gasteiger charge is 2.10. The standard InChI is InChI=1S/C15H17N3O2/c1-3-16-14-10-6-8-12(17-14)15(19)18-11-7-4-5-9-13(11)20-2/h4-10H,3H2,1-2H3,(H,16,17)(H,18,19). The highest BCUT2D eigenvalue weighted by molar-refractivity contribution is 6.03. The third kappa shape index (κ3) is 3.26. The van der Waals surface area contributed by atoms with Gasteiger partial charge in [0, 0.05) is 6.54 Å². The number of carbonyl (C=O) groups excluding carboxylic acids is 1. The van der Waals surface area contributed by atoms with Crippen LogP contribution in [0.1, 0.15) is 17.4 Å². The molecule has 0 unspecified atom stereocenters. The summed E-state index contributed by atoms with van der Waals surface area (Å²) in [5.74, 6) is 1.03. The first-order valence-corrected chi connectivity index (χ1v) is 6.40. The molecule has 2 rings (SSSR count). The summed E-state index contributed by atoms with van der Waals surface area (Å²) in [5.41, 5.74) is 0.977. The number of methoxy groups -OCH3 is 1. The summed E-state index contributed by atoms with van der Waals surface area (Å²) >= 11 is 0. The number of pyridine rings is 1. The largest absolute Gasteiger partial charge is 0.495 e. The van der Waals surface area contributed by atoms with Crippen LogP contribution >= 0.6 is 0 Å². The number of carbonyl (C=O) groups is 1. The molecule has 104 valence electrons. The fourth-order valence-corrected chi connectivity index (χ4v) is 1.77. The van der Waals surface area contributed by atoms with Gasteiger partial charge in [0.2, 0.25) is 0 Å². The molecule has 20 heavy (non-hydrogen) atoms. The molecule has 2 N–H and O–H groups in total. The van der Waals surface area contributed by atoms with Gasteiger partial charge in [0.15, 0.2) is 0 Å². The number of aromatic nitrogens is 1. The van der Waals surface area contributed by atoms with Gasteiger partial charge in [-0.05, 0) is 31.2 Å². The quantitative estimate of drug-likeness (QED) is 0.877. The molecule has 0 saturated carbocycles. The number of ether oxygens (including phenoxy) is 1. The molecule has 0 spiro atoms. The van der Waals surface area contributed by atoms with Crippen molar-refractivity contribution < 1.29 is 9.53 Å². The maximum Gasteiger partial charge on any atom is 0.274 e. The second kappa shape index (κ2) is 6.56. The minimum atomic E-state index is -0.269. The summed E-state index contributed by atoms with van der Waals surface area (Å²) in [6.45, 7) is 2.73. The molecule has 0 fully saturated rings. The number of rotatable bonds is 5. The van der Waals surface area contributed by atoms with Crippen molar-refractivity contribution in [2.24, 2.45) is 0 Å². The Kier molecular flexibility index (Phi) is 4.55. The van der Waals surface area contributed by atoms with Crippen molar-refractivity contribution in [3.05, 3.63) is 48.2 Å². The first kappa shape index (κ1) is 13.9. The second-order valence-electron chi connectivity index (χ2n) is 4.09. The van der Waals surface area contributed by atoms with E-state index >= 15 is 0 Å². The van der Waals surface area contributed by atoms with Gasteiger partial charge < -0.3 is 15.4 Å². The normalized spacial score (nSPS) is 9.90. The van der Waals surface area contributed by atoms with E-state index in [2.05, 4.69) is 15.6 Å². The maximum atomic E-state index is 12.2. The zero-order chi connectivity index (χ0) is 14.4. The van der Waals surface area contributed by atoms with Gasteiger partial charge in [-0.1, -0.05) is 18.2 Å². The lowest BCUT2D eigenvalue weighted by Gasteiger charge is -2.10. The summed E-state index contributed by atoms with van der Waals surface area (Å²) in [6, 6.07) is 12.5. The van der Waals surface area contributed by atoms with E-state index in [0.29, 0.717) is 22.9 Å². The van der Waals surface area contributed by atoms with Gasteiger partial charge in [-0.3, -0.25) is 4.79 Å². The molecule has 0 atom stereocenters. The molecule has 0 aliphatic heterocycles. The first-order valence-electron chi connectivity index (χ1n) is 6.40. The first-order chi connectivity index (χ1) is 9.74. The third-order valence-corrected chi connectivity index (χ3v) is 2.69. The molecule has 0 radical (unpaired) electrons. The lowest BCUT2D eigenvalue weighted by atomic mass is 10.2. The summed E-state index contributed by atoms with van der Waals surface area (Å²) in [4.78, 5) is 16.4. The van der Waals surface area contributed by atoms with E-state index in [1.165, 1.54) is 0 Å². The maximum absolute atomic E-state index is 12.2. The molecule has 1 heterocycles. The van der Waals surface area contributed by atoms with Crippen LogP contribution in [0, 0.1) is 0 Å². The van der Waals surface area contributed by atoms with Crippen molar-refractivity contribution in [1.29, 1.82) is 0 Å². The van der Waals surface area contributed by atoms with Crippen molar-refractivity contribution in [3.63, 3.8) is 0 Å². The Labute approximate surface area is 118 Å². The Morgan fingerprint density at radius 2 is 2.00 bits per heavy atom. The van der Waals surface area contributed by atoms with Gasteiger partial charge in [-0.25, -0.2) is 4.98 Å². The molecule has 0 bridgehead atoms. The van der Waals surface area contributed by atoms with E-state index in [1.807, 2.05) is 25.1 Å². The number of nitrogens with one attached hydrogen (secondary N) is 2. The Balaban J connectivity index is 2.17. The minimum absolute atomic E-state index is 0.269. The van der Waals surface area contributed by atoms with Crippen LogP contribution in [0.2, 0.25) is 0 Å². The topological polar surface area (TPSA) is 63.2 Å². The number of anilines is 2. The minimum Gasteiger partial charge on any atom is -0.495 e. The molecule has 1 amide bonds. The molecule has 0 saturated heterocycles. The fourth-order valence-electron chi connectivity index (χ4n) is 1.77. The Morgan fingerprint density at radius 3 is 2.75 bits per heavy atom. The van der Waals surface area contributed by atoms with Crippen LogP contribution in [-0.4, -0.2) is 24.5 Å². The zero-order valence-corrected chi connectivity index (χ0v) is 11.5. The predicted octanol–water partition coefficient (Wildman–Crippen LogP) is 2.77. The van der Waals surface area contributed by atoms with Crippen LogP contribution in [0.3, 0.4) is 0 Å². The average molecular weight is 271 g/mol. The van der Waals surface area contributed by atoms with Crippen LogP contribution in [0.15, 0.2) is 42.5 Å². The van der Waals surface area contributed by atoms with Crippen LogP contribution < -0.4 is 15.4 Å². The molecular weight excluding hydrogens is 254 g/mol. The smallest absolute Gasteiger partial charge is 0.274 e. The van der Waals surface area contributed by atoms with Crippen molar-refractivity contribution >= 4 is 17.4 Å². The van der Waals surface area contributed by atoms with Crippen molar-refractivity contribution in [2.45, 2.75) is 6.92 Å². The van der Waals surface area contributed by atoms with E-state index in [0.717, 1.165) is 6.54 Å². The van der Waals surface area contributed by atoms with Gasteiger partial charge in [-0.2, -0.15) is 0 Å². The van der Waals surface area contributed by atoms with E-state index < -0.39 is 0 Å². The van der Waals surface area contributed by atoms with Gasteiger partial charge in [0.1, 0.15) is 17.3 Å². The molecular formula is C15H17N3O2.